The number of ether oxygens (including phenoxy) is 2. The molecule has 0 aliphatic carbocycles. The topological polar surface area (TPSA) is 30.5 Å². The molecule has 4 heteroatoms. The standard InChI is InChI=1S/C14H20ClNO2/c15-12-4-6-13(7-5-12)17-9-2-10-18-14-3-1-8-16-11-14/h4-7,14,16H,1-3,8-11H2. The zero-order valence-electron chi connectivity index (χ0n) is 10.5. The molecule has 0 amide bonds. The van der Waals surface area contributed by atoms with Crippen molar-refractivity contribution in [3.63, 3.8) is 0 Å². The summed E-state index contributed by atoms with van der Waals surface area (Å²) < 4.78 is 11.4. The summed E-state index contributed by atoms with van der Waals surface area (Å²) in [6.45, 7) is 3.55. The lowest BCUT2D eigenvalue weighted by Crippen LogP contribution is -2.35. The number of nitrogens with one attached hydrogen (secondary N) is 1. The van der Waals surface area contributed by atoms with Crippen LogP contribution in [0.3, 0.4) is 0 Å². The third kappa shape index (κ3) is 4.84. The molecule has 1 aromatic rings. The van der Waals surface area contributed by atoms with Crippen molar-refractivity contribution < 1.29 is 9.47 Å². The van der Waals surface area contributed by atoms with E-state index in [0.29, 0.717) is 12.7 Å². The Balaban J connectivity index is 1.54. The second kappa shape index (κ2) is 7.62. The van der Waals surface area contributed by atoms with E-state index in [1.807, 2.05) is 24.3 Å². The summed E-state index contributed by atoms with van der Waals surface area (Å²) in [6, 6.07) is 7.44. The van der Waals surface area contributed by atoms with Gasteiger partial charge in [-0.05, 0) is 43.7 Å². The van der Waals surface area contributed by atoms with Crippen LogP contribution in [0.15, 0.2) is 24.3 Å². The van der Waals surface area contributed by atoms with Crippen LogP contribution >= 0.6 is 11.6 Å². The summed E-state index contributed by atoms with van der Waals surface area (Å²) in [5.41, 5.74) is 0. The third-order valence-corrected chi connectivity index (χ3v) is 3.23. The number of halogens is 1. The Kier molecular flexibility index (Phi) is 5.78. The first-order chi connectivity index (χ1) is 8.84. The van der Waals surface area contributed by atoms with Gasteiger partial charge in [-0.3, -0.25) is 0 Å². The van der Waals surface area contributed by atoms with Crippen LogP contribution in [-0.4, -0.2) is 32.4 Å². The molecule has 0 spiro atoms. The molecule has 0 bridgehead atoms. The molecule has 1 unspecified atom stereocenters. The molecule has 18 heavy (non-hydrogen) atoms. The molecule has 2 rings (SSSR count). The monoisotopic (exact) mass is 269 g/mol. The quantitative estimate of drug-likeness (QED) is 0.806. The van der Waals surface area contributed by atoms with Gasteiger partial charge in [-0.15, -0.1) is 0 Å². The van der Waals surface area contributed by atoms with Crippen molar-refractivity contribution in [3.05, 3.63) is 29.3 Å². The molecule has 1 heterocycles. The predicted octanol–water partition coefficient (Wildman–Crippen LogP) is 2.88. The number of rotatable bonds is 6. The highest BCUT2D eigenvalue weighted by Crippen LogP contribution is 2.15. The average Bonchev–Trinajstić information content (AvgIpc) is 2.42. The van der Waals surface area contributed by atoms with Crippen LogP contribution in [0.1, 0.15) is 19.3 Å². The van der Waals surface area contributed by atoms with E-state index in [4.69, 9.17) is 21.1 Å². The van der Waals surface area contributed by atoms with E-state index >= 15 is 0 Å². The Hall–Kier alpha value is -0.770. The zero-order chi connectivity index (χ0) is 12.6. The molecule has 3 nitrogen and oxygen atoms in total. The van der Waals surface area contributed by atoms with Gasteiger partial charge in [0.25, 0.3) is 0 Å². The minimum absolute atomic E-state index is 0.384. The Labute approximate surface area is 113 Å². The largest absolute Gasteiger partial charge is 0.494 e. The Morgan fingerprint density at radius 1 is 1.22 bits per heavy atom. The van der Waals surface area contributed by atoms with Gasteiger partial charge in [-0.2, -0.15) is 0 Å². The van der Waals surface area contributed by atoms with Gasteiger partial charge in [0.1, 0.15) is 5.75 Å². The highest BCUT2D eigenvalue weighted by atomic mass is 35.5. The van der Waals surface area contributed by atoms with E-state index in [0.717, 1.165) is 36.9 Å². The van der Waals surface area contributed by atoms with Crippen LogP contribution in [0.4, 0.5) is 0 Å². The maximum atomic E-state index is 5.80. The Morgan fingerprint density at radius 2 is 2.06 bits per heavy atom. The maximum Gasteiger partial charge on any atom is 0.119 e. The summed E-state index contributed by atoms with van der Waals surface area (Å²) in [5.74, 6) is 0.860. The highest BCUT2D eigenvalue weighted by Gasteiger charge is 2.12. The summed E-state index contributed by atoms with van der Waals surface area (Å²) in [7, 11) is 0. The number of hydrogen-bond donors (Lipinski definition) is 1. The molecule has 100 valence electrons. The first-order valence-electron chi connectivity index (χ1n) is 6.55. The van der Waals surface area contributed by atoms with E-state index in [-0.39, 0.29) is 0 Å². The molecule has 1 fully saturated rings. The molecule has 1 aliphatic heterocycles. The lowest BCUT2D eigenvalue weighted by molar-refractivity contribution is 0.0308. The minimum atomic E-state index is 0.384. The van der Waals surface area contributed by atoms with E-state index < -0.39 is 0 Å². The van der Waals surface area contributed by atoms with Gasteiger partial charge in [-0.1, -0.05) is 11.6 Å². The summed E-state index contributed by atoms with van der Waals surface area (Å²) >= 11 is 5.80. The molecule has 1 N–H and O–H groups in total. The van der Waals surface area contributed by atoms with Crippen LogP contribution in [-0.2, 0) is 4.74 Å². The van der Waals surface area contributed by atoms with Crippen molar-refractivity contribution in [1.29, 1.82) is 0 Å². The van der Waals surface area contributed by atoms with Crippen molar-refractivity contribution in [2.75, 3.05) is 26.3 Å². The van der Waals surface area contributed by atoms with Crippen molar-refractivity contribution in [2.45, 2.75) is 25.4 Å². The summed E-state index contributed by atoms with van der Waals surface area (Å²) in [4.78, 5) is 0. The molecular formula is C14H20ClNO2. The van der Waals surface area contributed by atoms with Gasteiger partial charge in [0.05, 0.1) is 19.3 Å². The first-order valence-corrected chi connectivity index (χ1v) is 6.93. The van der Waals surface area contributed by atoms with Gasteiger partial charge < -0.3 is 14.8 Å². The fourth-order valence-corrected chi connectivity index (χ4v) is 2.12. The van der Waals surface area contributed by atoms with Crippen LogP contribution in [0.25, 0.3) is 0 Å². The fourth-order valence-electron chi connectivity index (χ4n) is 1.99. The van der Waals surface area contributed by atoms with Gasteiger partial charge in [-0.25, -0.2) is 0 Å². The smallest absolute Gasteiger partial charge is 0.119 e. The molecule has 1 saturated heterocycles. The van der Waals surface area contributed by atoms with E-state index in [9.17, 15) is 0 Å². The lowest BCUT2D eigenvalue weighted by Gasteiger charge is -2.23. The van der Waals surface area contributed by atoms with E-state index in [1.165, 1.54) is 12.8 Å². The van der Waals surface area contributed by atoms with Gasteiger partial charge >= 0.3 is 0 Å². The third-order valence-electron chi connectivity index (χ3n) is 2.98. The lowest BCUT2D eigenvalue weighted by atomic mass is 10.1. The number of piperidine rings is 1. The van der Waals surface area contributed by atoms with Gasteiger partial charge in [0.15, 0.2) is 0 Å². The number of benzene rings is 1. The fraction of sp³-hybridized carbons (Fsp3) is 0.571. The van der Waals surface area contributed by atoms with Crippen LogP contribution < -0.4 is 10.1 Å². The second-order valence-corrected chi connectivity index (χ2v) is 4.93. The predicted molar refractivity (Wildman–Crippen MR) is 73.4 cm³/mol. The first kappa shape index (κ1) is 13.7. The van der Waals surface area contributed by atoms with Gasteiger partial charge in [0.2, 0.25) is 0 Å². The zero-order valence-corrected chi connectivity index (χ0v) is 11.3. The minimum Gasteiger partial charge on any atom is -0.494 e. The van der Waals surface area contributed by atoms with Crippen molar-refractivity contribution in [2.24, 2.45) is 0 Å². The van der Waals surface area contributed by atoms with E-state index in [1.54, 1.807) is 0 Å². The van der Waals surface area contributed by atoms with Crippen molar-refractivity contribution in [3.8, 4) is 5.75 Å². The molecule has 1 aliphatic rings. The molecule has 1 atom stereocenters. The normalized spacial score (nSPS) is 19.7. The van der Waals surface area contributed by atoms with Crippen molar-refractivity contribution in [1.82, 2.24) is 5.32 Å². The van der Waals surface area contributed by atoms with Crippen molar-refractivity contribution >= 4 is 11.6 Å². The van der Waals surface area contributed by atoms with Crippen LogP contribution in [0.5, 0.6) is 5.75 Å². The Bertz CT molecular complexity index is 336. The molecule has 0 saturated carbocycles. The molecule has 0 aromatic heterocycles. The molecule has 1 aromatic carbocycles. The van der Waals surface area contributed by atoms with Crippen LogP contribution in [0.2, 0.25) is 5.02 Å². The molecule has 0 radical (unpaired) electrons. The molecular weight excluding hydrogens is 250 g/mol. The van der Waals surface area contributed by atoms with Gasteiger partial charge in [0, 0.05) is 18.0 Å². The Morgan fingerprint density at radius 3 is 2.78 bits per heavy atom. The second-order valence-electron chi connectivity index (χ2n) is 4.50. The highest BCUT2D eigenvalue weighted by molar-refractivity contribution is 6.30. The summed E-state index contributed by atoms with van der Waals surface area (Å²) in [5, 5.41) is 4.07. The number of hydrogen-bond acceptors (Lipinski definition) is 3. The SMILES string of the molecule is Clc1ccc(OCCCOC2CCCNC2)cc1. The maximum absolute atomic E-state index is 5.80. The van der Waals surface area contributed by atoms with E-state index in [2.05, 4.69) is 5.32 Å². The summed E-state index contributed by atoms with van der Waals surface area (Å²) in [6.07, 6.45) is 3.69. The van der Waals surface area contributed by atoms with Crippen LogP contribution in [0, 0.1) is 0 Å². The average molecular weight is 270 g/mol.